The van der Waals surface area contributed by atoms with Crippen LogP contribution in [0, 0.1) is 0 Å². The maximum atomic E-state index is 13.2. The smallest absolute Gasteiger partial charge is 0.368 e. The Morgan fingerprint density at radius 3 is 2.78 bits per heavy atom. The Kier molecular flexibility index (Phi) is 3.40. The van der Waals surface area contributed by atoms with Gasteiger partial charge in [0.25, 0.3) is 5.91 Å². The van der Waals surface area contributed by atoms with Crippen LogP contribution >= 0.6 is 0 Å². The predicted molar refractivity (Wildman–Crippen MR) is 85.2 cm³/mol. The number of aromatic nitrogens is 4. The molecule has 4 heterocycles. The van der Waals surface area contributed by atoms with E-state index in [0.29, 0.717) is 23.5 Å². The molecule has 1 aliphatic carbocycles. The highest BCUT2D eigenvalue weighted by Crippen LogP contribution is 2.49. The van der Waals surface area contributed by atoms with Gasteiger partial charge in [0.2, 0.25) is 0 Å². The predicted octanol–water partition coefficient (Wildman–Crippen LogP) is 2.26. The van der Waals surface area contributed by atoms with Gasteiger partial charge in [-0.2, -0.15) is 18.3 Å². The van der Waals surface area contributed by atoms with Crippen LogP contribution in [0.15, 0.2) is 18.6 Å². The van der Waals surface area contributed by atoms with Crippen molar-refractivity contribution in [3.05, 3.63) is 35.5 Å². The third-order valence-corrected chi connectivity index (χ3v) is 5.49. The fraction of sp³-hybridized carbons (Fsp3) is 0.529. The van der Waals surface area contributed by atoms with Crippen LogP contribution in [0.3, 0.4) is 0 Å². The zero-order chi connectivity index (χ0) is 18.8. The van der Waals surface area contributed by atoms with E-state index in [-0.39, 0.29) is 30.7 Å². The SMILES string of the molecule is O=C(NC1(C(F)(F)F)CC1)c1nn(-c2cnccn2)c2c1CC1CCC2O1. The van der Waals surface area contributed by atoms with Gasteiger partial charge >= 0.3 is 6.18 Å². The van der Waals surface area contributed by atoms with Crippen LogP contribution in [-0.2, 0) is 11.2 Å². The van der Waals surface area contributed by atoms with Crippen LogP contribution in [0.4, 0.5) is 13.2 Å². The lowest BCUT2D eigenvalue weighted by atomic mass is 10.0. The molecule has 7 nitrogen and oxygen atoms in total. The van der Waals surface area contributed by atoms with Crippen LogP contribution in [-0.4, -0.2) is 43.5 Å². The summed E-state index contributed by atoms with van der Waals surface area (Å²) in [5.74, 6) is -0.399. The largest absolute Gasteiger partial charge is 0.411 e. The van der Waals surface area contributed by atoms with Crippen molar-refractivity contribution in [3.63, 3.8) is 0 Å². The Morgan fingerprint density at radius 2 is 2.11 bits per heavy atom. The number of fused-ring (bicyclic) bond motifs is 4. The molecular formula is C17H16F3N5O2. The van der Waals surface area contributed by atoms with Gasteiger partial charge in [-0.15, -0.1) is 0 Å². The summed E-state index contributed by atoms with van der Waals surface area (Å²) < 4.78 is 47.1. The van der Waals surface area contributed by atoms with E-state index in [1.165, 1.54) is 23.3 Å². The van der Waals surface area contributed by atoms with Crippen LogP contribution in [0.1, 0.15) is 53.5 Å². The third-order valence-electron chi connectivity index (χ3n) is 5.49. The molecule has 10 heteroatoms. The highest BCUT2D eigenvalue weighted by Gasteiger charge is 2.64. The number of halogens is 3. The summed E-state index contributed by atoms with van der Waals surface area (Å²) in [5.41, 5.74) is -0.773. The molecule has 1 saturated carbocycles. The zero-order valence-corrected chi connectivity index (χ0v) is 14.2. The van der Waals surface area contributed by atoms with E-state index < -0.39 is 17.6 Å². The van der Waals surface area contributed by atoms with Crippen molar-refractivity contribution in [2.24, 2.45) is 0 Å². The molecule has 142 valence electrons. The molecular weight excluding hydrogens is 363 g/mol. The van der Waals surface area contributed by atoms with E-state index in [9.17, 15) is 18.0 Å². The average molecular weight is 379 g/mol. The summed E-state index contributed by atoms with van der Waals surface area (Å²) in [6, 6.07) is 0. The number of amides is 1. The molecule has 0 aromatic carbocycles. The second-order valence-corrected chi connectivity index (χ2v) is 7.25. The van der Waals surface area contributed by atoms with Gasteiger partial charge in [0.05, 0.1) is 18.0 Å². The standard InChI is InChI=1S/C17H16F3N5O2/c18-17(19,20)16(3-4-16)23-15(26)13-10-7-9-1-2-11(27-9)14(10)25(24-13)12-8-21-5-6-22-12/h5-6,8-9,11H,1-4,7H2,(H,23,26). The number of rotatable bonds is 3. The lowest BCUT2D eigenvalue weighted by Crippen LogP contribution is -2.48. The van der Waals surface area contributed by atoms with Crippen molar-refractivity contribution in [2.45, 2.75) is 56.0 Å². The molecule has 0 spiro atoms. The minimum Gasteiger partial charge on any atom is -0.368 e. The van der Waals surface area contributed by atoms with E-state index in [0.717, 1.165) is 12.8 Å². The molecule has 2 aliphatic heterocycles. The first-order chi connectivity index (χ1) is 12.9. The number of nitrogens with one attached hydrogen (secondary N) is 1. The first kappa shape index (κ1) is 16.7. The van der Waals surface area contributed by atoms with Crippen LogP contribution in [0.5, 0.6) is 0 Å². The minimum absolute atomic E-state index is 0.0198. The molecule has 1 saturated heterocycles. The van der Waals surface area contributed by atoms with Gasteiger partial charge in [-0.25, -0.2) is 9.67 Å². The van der Waals surface area contributed by atoms with Gasteiger partial charge < -0.3 is 10.1 Å². The second-order valence-electron chi connectivity index (χ2n) is 7.25. The van der Waals surface area contributed by atoms with Gasteiger partial charge in [0.1, 0.15) is 11.6 Å². The average Bonchev–Trinajstić information content (AvgIpc) is 3.19. The molecule has 2 unspecified atom stereocenters. The highest BCUT2D eigenvalue weighted by atomic mass is 19.4. The number of hydrogen-bond donors (Lipinski definition) is 1. The molecule has 3 aliphatic rings. The quantitative estimate of drug-likeness (QED) is 0.885. The summed E-state index contributed by atoms with van der Waals surface area (Å²) >= 11 is 0. The summed E-state index contributed by atoms with van der Waals surface area (Å²) in [5, 5.41) is 6.50. The van der Waals surface area contributed by atoms with Crippen molar-refractivity contribution in [2.75, 3.05) is 0 Å². The van der Waals surface area contributed by atoms with E-state index >= 15 is 0 Å². The van der Waals surface area contributed by atoms with Crippen LogP contribution < -0.4 is 5.32 Å². The maximum Gasteiger partial charge on any atom is 0.411 e. The topological polar surface area (TPSA) is 81.9 Å². The van der Waals surface area contributed by atoms with Gasteiger partial charge in [0.15, 0.2) is 11.5 Å². The fourth-order valence-corrected chi connectivity index (χ4v) is 3.92. The van der Waals surface area contributed by atoms with E-state index in [1.807, 2.05) is 0 Å². The Labute approximate surface area is 151 Å². The molecule has 2 fully saturated rings. The third kappa shape index (κ3) is 2.53. The lowest BCUT2D eigenvalue weighted by Gasteiger charge is -2.23. The molecule has 2 aromatic rings. The first-order valence-corrected chi connectivity index (χ1v) is 8.81. The molecule has 1 amide bonds. The molecule has 2 atom stereocenters. The second kappa shape index (κ2) is 5.51. The molecule has 27 heavy (non-hydrogen) atoms. The van der Waals surface area contributed by atoms with Crippen LogP contribution in [0.25, 0.3) is 5.82 Å². The summed E-state index contributed by atoms with van der Waals surface area (Å²) in [4.78, 5) is 21.0. The summed E-state index contributed by atoms with van der Waals surface area (Å²) in [6.07, 6.45) is 1.60. The van der Waals surface area contributed by atoms with E-state index in [4.69, 9.17) is 4.74 Å². The number of hydrogen-bond acceptors (Lipinski definition) is 5. The summed E-state index contributed by atoms with van der Waals surface area (Å²) in [6.45, 7) is 0. The van der Waals surface area contributed by atoms with Crippen molar-refractivity contribution in [3.8, 4) is 5.82 Å². The highest BCUT2D eigenvalue weighted by molar-refractivity contribution is 5.95. The molecule has 2 aromatic heterocycles. The normalized spacial score (nSPS) is 25.1. The molecule has 2 bridgehead atoms. The summed E-state index contributed by atoms with van der Waals surface area (Å²) in [7, 11) is 0. The fourth-order valence-electron chi connectivity index (χ4n) is 3.92. The van der Waals surface area contributed by atoms with Crippen molar-refractivity contribution < 1.29 is 22.7 Å². The molecule has 0 radical (unpaired) electrons. The Bertz CT molecular complexity index is 907. The molecule has 1 N–H and O–H groups in total. The number of ether oxygens (including phenoxy) is 1. The maximum absolute atomic E-state index is 13.2. The Balaban J connectivity index is 1.57. The Hall–Kier alpha value is -2.49. The van der Waals surface area contributed by atoms with Crippen LogP contribution in [0.2, 0.25) is 0 Å². The monoisotopic (exact) mass is 379 g/mol. The van der Waals surface area contributed by atoms with Crippen molar-refractivity contribution >= 4 is 5.91 Å². The van der Waals surface area contributed by atoms with Crippen molar-refractivity contribution in [1.29, 1.82) is 0 Å². The van der Waals surface area contributed by atoms with Gasteiger partial charge in [0, 0.05) is 24.4 Å². The lowest BCUT2D eigenvalue weighted by molar-refractivity contribution is -0.163. The Morgan fingerprint density at radius 1 is 1.30 bits per heavy atom. The van der Waals surface area contributed by atoms with Crippen molar-refractivity contribution in [1.82, 2.24) is 25.1 Å². The van der Waals surface area contributed by atoms with Gasteiger partial charge in [-0.1, -0.05) is 0 Å². The number of nitrogens with zero attached hydrogens (tertiary/aromatic N) is 4. The first-order valence-electron chi connectivity index (χ1n) is 8.81. The minimum atomic E-state index is -4.47. The molecule has 5 rings (SSSR count). The number of alkyl halides is 3. The zero-order valence-electron chi connectivity index (χ0n) is 14.2. The van der Waals surface area contributed by atoms with Gasteiger partial charge in [-0.3, -0.25) is 9.78 Å². The van der Waals surface area contributed by atoms with E-state index in [1.54, 1.807) is 0 Å². The van der Waals surface area contributed by atoms with E-state index in [2.05, 4.69) is 20.4 Å². The number of carbonyl (C=O) groups excluding carboxylic acids is 1. The number of carbonyl (C=O) groups is 1. The van der Waals surface area contributed by atoms with Gasteiger partial charge in [-0.05, 0) is 25.7 Å².